The average Bonchev–Trinajstić information content (AvgIpc) is 3.34. The second kappa shape index (κ2) is 11.0. The number of carbonyl (C=O) groups is 1. The summed E-state index contributed by atoms with van der Waals surface area (Å²) in [4.78, 5) is 21.3. The summed E-state index contributed by atoms with van der Waals surface area (Å²) in [6.45, 7) is 1.18. The first kappa shape index (κ1) is 26.0. The van der Waals surface area contributed by atoms with E-state index in [0.717, 1.165) is 47.3 Å². The number of methoxy groups -OCH3 is 1. The average molecular weight is 532 g/mol. The molecule has 1 atom stereocenters. The predicted molar refractivity (Wildman–Crippen MR) is 149 cm³/mol. The van der Waals surface area contributed by atoms with Crippen molar-refractivity contribution in [3.8, 4) is 27.6 Å². The Morgan fingerprint density at radius 2 is 2.03 bits per heavy atom. The molecule has 1 saturated heterocycles. The number of nitriles is 1. The summed E-state index contributed by atoms with van der Waals surface area (Å²) >= 11 is 1.36. The maximum atomic E-state index is 14.6. The zero-order valence-electron chi connectivity index (χ0n) is 21.2. The lowest BCUT2D eigenvalue weighted by Crippen LogP contribution is -2.45. The van der Waals surface area contributed by atoms with Crippen LogP contribution in [0.4, 0.5) is 10.1 Å². The van der Waals surface area contributed by atoms with E-state index in [1.807, 2.05) is 30.3 Å². The van der Waals surface area contributed by atoms with Crippen molar-refractivity contribution in [2.45, 2.75) is 43.9 Å². The molecule has 1 aliphatic carbocycles. The molecule has 0 bridgehead atoms. The van der Waals surface area contributed by atoms with Crippen LogP contribution in [0.25, 0.3) is 21.6 Å². The molecule has 196 valence electrons. The van der Waals surface area contributed by atoms with Gasteiger partial charge < -0.3 is 21.1 Å². The van der Waals surface area contributed by atoms with Gasteiger partial charge in [0.2, 0.25) is 0 Å². The van der Waals surface area contributed by atoms with Gasteiger partial charge in [-0.3, -0.25) is 9.79 Å². The number of benzene rings is 2. The molecule has 0 radical (unpaired) electrons. The van der Waals surface area contributed by atoms with Crippen LogP contribution in [0.5, 0.6) is 0 Å². The highest BCUT2D eigenvalue weighted by Gasteiger charge is 2.28. The lowest BCUT2D eigenvalue weighted by Gasteiger charge is -2.30. The van der Waals surface area contributed by atoms with Crippen LogP contribution in [0.1, 0.15) is 46.5 Å². The Labute approximate surface area is 225 Å². The van der Waals surface area contributed by atoms with Gasteiger partial charge in [0.15, 0.2) is 0 Å². The second-order valence-electron chi connectivity index (χ2n) is 9.92. The van der Waals surface area contributed by atoms with Crippen molar-refractivity contribution >= 4 is 29.1 Å². The van der Waals surface area contributed by atoms with E-state index in [1.165, 1.54) is 23.5 Å². The van der Waals surface area contributed by atoms with E-state index < -0.39 is 5.82 Å². The summed E-state index contributed by atoms with van der Waals surface area (Å²) < 4.78 is 19.9. The Morgan fingerprint density at radius 1 is 1.24 bits per heavy atom. The number of halogens is 1. The van der Waals surface area contributed by atoms with E-state index in [2.05, 4.69) is 4.99 Å². The van der Waals surface area contributed by atoms with E-state index in [1.54, 1.807) is 24.3 Å². The molecule has 38 heavy (non-hydrogen) atoms. The molecule has 2 aliphatic rings. The fourth-order valence-electron chi connectivity index (χ4n) is 4.91. The highest BCUT2D eigenvalue weighted by molar-refractivity contribution is 7.18. The molecular weight excluding hydrogens is 501 g/mol. The van der Waals surface area contributed by atoms with Crippen LogP contribution in [0.3, 0.4) is 0 Å². The van der Waals surface area contributed by atoms with Crippen molar-refractivity contribution in [3.05, 3.63) is 64.3 Å². The minimum Gasteiger partial charge on any atom is -0.398 e. The molecule has 4 N–H and O–H groups in total. The number of likely N-dealkylation sites (tertiary alicyclic amines) is 1. The van der Waals surface area contributed by atoms with Crippen LogP contribution < -0.4 is 11.5 Å². The van der Waals surface area contributed by atoms with Crippen LogP contribution in [0, 0.1) is 17.1 Å². The molecular formula is C29H30FN5O2S. The SMILES string of the molecule is COC1CC(N=Cc2cc(-c3sc(C(=O)N4CCCC(N)C4)cc3-c3ccc(C#N)c(F)c3)ccc2N)C1. The number of carbonyl (C=O) groups excluding carboxylic acids is 1. The van der Waals surface area contributed by atoms with E-state index in [0.29, 0.717) is 29.2 Å². The number of nitrogens with two attached hydrogens (primary N) is 2. The van der Waals surface area contributed by atoms with Crippen molar-refractivity contribution in [3.63, 3.8) is 0 Å². The smallest absolute Gasteiger partial charge is 0.264 e. The molecule has 7 nitrogen and oxygen atoms in total. The fourth-order valence-corrected chi connectivity index (χ4v) is 6.06. The Kier molecular flexibility index (Phi) is 7.56. The van der Waals surface area contributed by atoms with Crippen molar-refractivity contribution in [1.29, 1.82) is 5.26 Å². The second-order valence-corrected chi connectivity index (χ2v) is 11.0. The number of rotatable bonds is 6. The lowest BCUT2D eigenvalue weighted by atomic mass is 9.90. The third kappa shape index (κ3) is 5.34. The van der Waals surface area contributed by atoms with Gasteiger partial charge in [0.25, 0.3) is 5.91 Å². The van der Waals surface area contributed by atoms with Crippen LogP contribution in [-0.2, 0) is 4.74 Å². The summed E-state index contributed by atoms with van der Waals surface area (Å²) in [5.74, 6) is -0.682. The zero-order chi connectivity index (χ0) is 26.8. The predicted octanol–water partition coefficient (Wildman–Crippen LogP) is 4.83. The molecule has 1 aliphatic heterocycles. The molecule has 9 heteroatoms. The summed E-state index contributed by atoms with van der Waals surface area (Å²) in [5, 5.41) is 9.17. The maximum absolute atomic E-state index is 14.6. The Morgan fingerprint density at radius 3 is 2.74 bits per heavy atom. The molecule has 2 heterocycles. The number of amides is 1. The number of hydrogen-bond acceptors (Lipinski definition) is 7. The number of nitrogens with zero attached hydrogens (tertiary/aromatic N) is 3. The molecule has 1 amide bonds. The number of thiophene rings is 1. The Hall–Kier alpha value is -3.58. The molecule has 3 aromatic rings. The lowest BCUT2D eigenvalue weighted by molar-refractivity contribution is 0.0286. The fraction of sp³-hybridized carbons (Fsp3) is 0.345. The zero-order valence-corrected chi connectivity index (χ0v) is 22.0. The number of nitrogen functional groups attached to an aromatic ring is 1. The first-order chi connectivity index (χ1) is 18.4. The van der Waals surface area contributed by atoms with Crippen molar-refractivity contribution in [2.75, 3.05) is 25.9 Å². The van der Waals surface area contributed by atoms with Gasteiger partial charge in [-0.15, -0.1) is 11.3 Å². The number of ether oxygens (including phenoxy) is 1. The summed E-state index contributed by atoms with van der Waals surface area (Å²) in [6.07, 6.45) is 5.59. The highest BCUT2D eigenvalue weighted by Crippen LogP contribution is 2.41. The van der Waals surface area contributed by atoms with Gasteiger partial charge in [-0.05, 0) is 67.1 Å². The normalized spacial score (nSPS) is 21.3. The number of hydrogen-bond donors (Lipinski definition) is 2. The molecule has 1 saturated carbocycles. The Bertz CT molecular complexity index is 1420. The van der Waals surface area contributed by atoms with E-state index in [-0.39, 0.29) is 29.7 Å². The minimum absolute atomic E-state index is 0.0261. The van der Waals surface area contributed by atoms with E-state index >= 15 is 0 Å². The minimum atomic E-state index is -0.600. The third-order valence-electron chi connectivity index (χ3n) is 7.27. The summed E-state index contributed by atoms with van der Waals surface area (Å²) in [5.41, 5.74) is 15.9. The molecule has 1 aromatic heterocycles. The van der Waals surface area contributed by atoms with Crippen molar-refractivity contribution in [1.82, 2.24) is 4.90 Å². The topological polar surface area (TPSA) is 118 Å². The van der Waals surface area contributed by atoms with Crippen LogP contribution >= 0.6 is 11.3 Å². The number of anilines is 1. The van der Waals surface area contributed by atoms with E-state index in [4.69, 9.17) is 16.2 Å². The standard InChI is InChI=1S/C29H30FN5O2S/c1-37-23-11-22(12-23)34-15-20-9-18(6-7-26(20)33)28-24(17-4-5-19(14-31)25(30)10-17)13-27(38-28)29(36)35-8-2-3-21(32)16-35/h4-7,9-10,13,15,21-23H,2-3,8,11-12,16,32-33H2,1H3. The van der Waals surface area contributed by atoms with Crippen molar-refractivity contribution < 1.29 is 13.9 Å². The Balaban J connectivity index is 1.53. The van der Waals surface area contributed by atoms with Crippen LogP contribution in [-0.4, -0.2) is 55.4 Å². The molecule has 2 aromatic carbocycles. The molecule has 1 unspecified atom stereocenters. The monoisotopic (exact) mass is 531 g/mol. The van der Waals surface area contributed by atoms with E-state index in [9.17, 15) is 14.4 Å². The maximum Gasteiger partial charge on any atom is 0.264 e. The quantitative estimate of drug-likeness (QED) is 0.349. The highest BCUT2D eigenvalue weighted by atomic mass is 32.1. The van der Waals surface area contributed by atoms with Gasteiger partial charge in [0.1, 0.15) is 11.9 Å². The molecule has 2 fully saturated rings. The first-order valence-corrected chi connectivity index (χ1v) is 13.5. The van der Waals surface area contributed by atoms with Crippen LogP contribution in [0.15, 0.2) is 47.5 Å². The first-order valence-electron chi connectivity index (χ1n) is 12.7. The summed E-state index contributed by atoms with van der Waals surface area (Å²) in [6, 6.07) is 14.0. The van der Waals surface area contributed by atoms with Gasteiger partial charge >= 0.3 is 0 Å². The van der Waals surface area contributed by atoms with Gasteiger partial charge in [-0.2, -0.15) is 5.26 Å². The summed E-state index contributed by atoms with van der Waals surface area (Å²) in [7, 11) is 1.71. The van der Waals surface area contributed by atoms with Gasteiger partial charge in [-0.1, -0.05) is 12.1 Å². The number of piperidine rings is 1. The molecule has 5 rings (SSSR count). The largest absolute Gasteiger partial charge is 0.398 e. The van der Waals surface area contributed by atoms with Gasteiger partial charge in [0.05, 0.1) is 22.6 Å². The van der Waals surface area contributed by atoms with Gasteiger partial charge in [0, 0.05) is 54.1 Å². The van der Waals surface area contributed by atoms with Gasteiger partial charge in [-0.25, -0.2) is 4.39 Å². The third-order valence-corrected chi connectivity index (χ3v) is 8.44. The van der Waals surface area contributed by atoms with Crippen LogP contribution in [0.2, 0.25) is 0 Å². The molecule has 0 spiro atoms. The number of aliphatic imine (C=N–C) groups is 1. The van der Waals surface area contributed by atoms with Crippen molar-refractivity contribution in [2.24, 2.45) is 10.7 Å².